The second kappa shape index (κ2) is 6.93. The highest BCUT2D eigenvalue weighted by molar-refractivity contribution is 7.93. The van der Waals surface area contributed by atoms with Crippen molar-refractivity contribution in [1.82, 2.24) is 15.0 Å². The Balaban J connectivity index is 1.93. The van der Waals surface area contributed by atoms with Crippen molar-refractivity contribution in [2.75, 3.05) is 11.8 Å². The standard InChI is InChI=1S/C16H15ClF2N4O3S/c1-16(18,19)6-9-7-21-15(22-14(9)26-2)23-27(24,25)13-8-20-12-5-10(17)3-4-11(12)13/h3-5,7-8,20H,6H2,1-2H3,(H,21,22,23). The van der Waals surface area contributed by atoms with Crippen molar-refractivity contribution in [3.05, 3.63) is 41.2 Å². The molecule has 0 saturated heterocycles. The van der Waals surface area contributed by atoms with Gasteiger partial charge in [0.1, 0.15) is 4.90 Å². The lowest BCUT2D eigenvalue weighted by Gasteiger charge is -2.13. The molecule has 0 atom stereocenters. The van der Waals surface area contributed by atoms with Gasteiger partial charge < -0.3 is 9.72 Å². The first kappa shape index (κ1) is 19.3. The van der Waals surface area contributed by atoms with Gasteiger partial charge in [-0.05, 0) is 25.1 Å². The van der Waals surface area contributed by atoms with E-state index >= 15 is 0 Å². The molecule has 0 aliphatic carbocycles. The van der Waals surface area contributed by atoms with Crippen LogP contribution in [0.3, 0.4) is 0 Å². The summed E-state index contributed by atoms with van der Waals surface area (Å²) in [6.07, 6.45) is 1.79. The maximum Gasteiger partial charge on any atom is 0.266 e. The number of methoxy groups -OCH3 is 1. The zero-order valence-corrected chi connectivity index (χ0v) is 15.8. The van der Waals surface area contributed by atoms with Gasteiger partial charge >= 0.3 is 0 Å². The predicted molar refractivity (Wildman–Crippen MR) is 97.0 cm³/mol. The lowest BCUT2D eigenvalue weighted by molar-refractivity contribution is 0.0218. The third-order valence-corrected chi connectivity index (χ3v) is 5.24. The van der Waals surface area contributed by atoms with Crippen molar-refractivity contribution < 1.29 is 21.9 Å². The van der Waals surface area contributed by atoms with Gasteiger partial charge in [-0.25, -0.2) is 26.9 Å². The van der Waals surface area contributed by atoms with Crippen LogP contribution < -0.4 is 9.46 Å². The zero-order chi connectivity index (χ0) is 19.8. The first-order valence-electron chi connectivity index (χ1n) is 7.66. The van der Waals surface area contributed by atoms with Gasteiger partial charge in [0, 0.05) is 40.3 Å². The number of alkyl halides is 2. The summed E-state index contributed by atoms with van der Waals surface area (Å²) in [5.41, 5.74) is 0.608. The number of sulfonamides is 1. The monoisotopic (exact) mass is 416 g/mol. The number of H-pyrrole nitrogens is 1. The van der Waals surface area contributed by atoms with Crippen molar-refractivity contribution in [3.8, 4) is 5.88 Å². The Bertz CT molecular complexity index is 1100. The van der Waals surface area contributed by atoms with Gasteiger partial charge in [-0.15, -0.1) is 0 Å². The van der Waals surface area contributed by atoms with Gasteiger partial charge in [-0.3, -0.25) is 0 Å². The number of nitrogens with zero attached hydrogens (tertiary/aromatic N) is 2. The Morgan fingerprint density at radius 3 is 2.78 bits per heavy atom. The van der Waals surface area contributed by atoms with Gasteiger partial charge in [-0.1, -0.05) is 11.6 Å². The van der Waals surface area contributed by atoms with Gasteiger partial charge in [0.05, 0.1) is 7.11 Å². The SMILES string of the molecule is COc1nc(NS(=O)(=O)c2c[nH]c3cc(Cl)ccc23)ncc1CC(C)(F)F. The summed E-state index contributed by atoms with van der Waals surface area (Å²) in [6, 6.07) is 4.72. The van der Waals surface area contributed by atoms with Crippen LogP contribution in [0.2, 0.25) is 5.02 Å². The highest BCUT2D eigenvalue weighted by atomic mass is 35.5. The number of aromatic nitrogens is 3. The smallest absolute Gasteiger partial charge is 0.266 e. The molecule has 2 heterocycles. The van der Waals surface area contributed by atoms with Gasteiger partial charge in [0.2, 0.25) is 17.8 Å². The largest absolute Gasteiger partial charge is 0.481 e. The number of halogens is 3. The molecule has 0 amide bonds. The normalized spacial score (nSPS) is 12.3. The van der Waals surface area contributed by atoms with E-state index in [4.69, 9.17) is 16.3 Å². The number of ether oxygens (including phenoxy) is 1. The summed E-state index contributed by atoms with van der Waals surface area (Å²) in [6.45, 7) is 0.756. The van der Waals surface area contributed by atoms with Crippen molar-refractivity contribution in [2.24, 2.45) is 0 Å². The summed E-state index contributed by atoms with van der Waals surface area (Å²) >= 11 is 5.89. The molecule has 0 spiro atoms. The van der Waals surface area contributed by atoms with Crippen LogP contribution in [0.15, 0.2) is 35.5 Å². The highest BCUT2D eigenvalue weighted by Crippen LogP contribution is 2.28. The molecule has 2 aromatic heterocycles. The first-order valence-corrected chi connectivity index (χ1v) is 9.52. The summed E-state index contributed by atoms with van der Waals surface area (Å²) < 4.78 is 59.0. The van der Waals surface area contributed by atoms with Crippen molar-refractivity contribution in [3.63, 3.8) is 0 Å². The molecular formula is C16H15ClF2N4O3S. The zero-order valence-electron chi connectivity index (χ0n) is 14.3. The molecule has 0 unspecified atom stereocenters. The average Bonchev–Trinajstić information content (AvgIpc) is 2.98. The minimum Gasteiger partial charge on any atom is -0.481 e. The number of hydrogen-bond acceptors (Lipinski definition) is 5. The number of nitrogens with one attached hydrogen (secondary N) is 2. The van der Waals surface area contributed by atoms with Crippen LogP contribution in [-0.2, 0) is 16.4 Å². The minimum atomic E-state index is -4.04. The maximum atomic E-state index is 13.2. The number of benzene rings is 1. The third kappa shape index (κ3) is 4.28. The lowest BCUT2D eigenvalue weighted by atomic mass is 10.1. The number of aromatic amines is 1. The Hall–Kier alpha value is -2.46. The average molecular weight is 417 g/mol. The van der Waals surface area contributed by atoms with Crippen molar-refractivity contribution >= 4 is 38.5 Å². The number of fused-ring (bicyclic) bond motifs is 1. The van der Waals surface area contributed by atoms with Crippen LogP contribution >= 0.6 is 11.6 Å². The first-order chi connectivity index (χ1) is 12.6. The van der Waals surface area contributed by atoms with Crippen LogP contribution in [0.25, 0.3) is 10.9 Å². The molecule has 0 aliphatic rings. The number of rotatable bonds is 6. The molecule has 3 rings (SSSR count). The van der Waals surface area contributed by atoms with Crippen LogP contribution in [0, 0.1) is 0 Å². The second-order valence-electron chi connectivity index (χ2n) is 5.92. The van der Waals surface area contributed by atoms with Gasteiger partial charge in [-0.2, -0.15) is 4.98 Å². The van der Waals surface area contributed by atoms with E-state index in [9.17, 15) is 17.2 Å². The van der Waals surface area contributed by atoms with E-state index in [1.54, 1.807) is 18.2 Å². The maximum absolute atomic E-state index is 13.2. The number of hydrogen-bond donors (Lipinski definition) is 2. The molecule has 11 heteroatoms. The molecule has 2 N–H and O–H groups in total. The van der Waals surface area contributed by atoms with E-state index in [1.807, 2.05) is 0 Å². The molecule has 0 bridgehead atoms. The Morgan fingerprint density at radius 2 is 2.11 bits per heavy atom. The molecule has 1 aromatic carbocycles. The Labute approximate surface area is 158 Å². The molecule has 0 aliphatic heterocycles. The molecule has 3 aromatic rings. The van der Waals surface area contributed by atoms with E-state index in [0.717, 1.165) is 13.1 Å². The molecular weight excluding hydrogens is 402 g/mol. The van der Waals surface area contributed by atoms with Gasteiger partial charge in [0.15, 0.2) is 0 Å². The summed E-state index contributed by atoms with van der Waals surface area (Å²) in [7, 11) is -2.78. The summed E-state index contributed by atoms with van der Waals surface area (Å²) in [5, 5.41) is 0.888. The number of anilines is 1. The Kier molecular flexibility index (Phi) is 4.96. The summed E-state index contributed by atoms with van der Waals surface area (Å²) in [5.74, 6) is -3.41. The molecule has 0 radical (unpaired) electrons. The predicted octanol–water partition coefficient (Wildman–Crippen LogP) is 3.62. The second-order valence-corrected chi connectivity index (χ2v) is 8.01. The summed E-state index contributed by atoms with van der Waals surface area (Å²) in [4.78, 5) is 10.5. The molecule has 27 heavy (non-hydrogen) atoms. The fraction of sp³-hybridized carbons (Fsp3) is 0.250. The van der Waals surface area contributed by atoms with E-state index in [-0.39, 0.29) is 22.3 Å². The van der Waals surface area contributed by atoms with Gasteiger partial charge in [0.25, 0.3) is 10.0 Å². The fourth-order valence-corrected chi connectivity index (χ4v) is 3.84. The fourth-order valence-electron chi connectivity index (χ4n) is 2.54. The minimum absolute atomic E-state index is 0.0269. The van der Waals surface area contributed by atoms with E-state index in [0.29, 0.717) is 15.9 Å². The lowest BCUT2D eigenvalue weighted by Crippen LogP contribution is -2.18. The molecule has 144 valence electrons. The van der Waals surface area contributed by atoms with Crippen LogP contribution in [0.4, 0.5) is 14.7 Å². The van der Waals surface area contributed by atoms with E-state index < -0.39 is 22.4 Å². The molecule has 0 fully saturated rings. The molecule has 0 saturated carbocycles. The quantitative estimate of drug-likeness (QED) is 0.639. The van der Waals surface area contributed by atoms with Crippen LogP contribution in [0.1, 0.15) is 12.5 Å². The highest BCUT2D eigenvalue weighted by Gasteiger charge is 2.26. The Morgan fingerprint density at radius 1 is 1.37 bits per heavy atom. The van der Waals surface area contributed by atoms with Crippen molar-refractivity contribution in [2.45, 2.75) is 24.2 Å². The topological polar surface area (TPSA) is 97.0 Å². The molecule has 7 nitrogen and oxygen atoms in total. The van der Waals surface area contributed by atoms with Crippen LogP contribution in [0.5, 0.6) is 5.88 Å². The third-order valence-electron chi connectivity index (χ3n) is 3.64. The van der Waals surface area contributed by atoms with Crippen LogP contribution in [-0.4, -0.2) is 36.4 Å². The van der Waals surface area contributed by atoms with E-state index in [2.05, 4.69) is 19.7 Å². The van der Waals surface area contributed by atoms with E-state index in [1.165, 1.54) is 13.3 Å². The van der Waals surface area contributed by atoms with Crippen molar-refractivity contribution in [1.29, 1.82) is 0 Å².